The van der Waals surface area contributed by atoms with Crippen molar-refractivity contribution in [1.29, 1.82) is 0 Å². The summed E-state index contributed by atoms with van der Waals surface area (Å²) in [5, 5.41) is 5.83. The van der Waals surface area contributed by atoms with E-state index in [2.05, 4.69) is 15.6 Å². The van der Waals surface area contributed by atoms with Crippen LogP contribution in [0.3, 0.4) is 0 Å². The Hall–Kier alpha value is -3.17. The van der Waals surface area contributed by atoms with Crippen molar-refractivity contribution in [3.8, 4) is 0 Å². The third kappa shape index (κ3) is 7.66. The Balaban J connectivity index is 1.51. The van der Waals surface area contributed by atoms with Crippen LogP contribution >= 0.6 is 11.8 Å². The maximum absolute atomic E-state index is 12.6. The summed E-state index contributed by atoms with van der Waals surface area (Å²) in [4.78, 5) is 43.5. The van der Waals surface area contributed by atoms with E-state index in [0.717, 1.165) is 24.2 Å². The van der Waals surface area contributed by atoms with E-state index in [4.69, 9.17) is 4.74 Å². The van der Waals surface area contributed by atoms with Gasteiger partial charge in [-0.25, -0.2) is 0 Å². The maximum Gasteiger partial charge on any atom is 0.262 e. The smallest absolute Gasteiger partial charge is 0.262 e. The first-order valence-corrected chi connectivity index (χ1v) is 12.7. The average Bonchev–Trinajstić information content (AvgIpc) is 3.22. The molecule has 1 aliphatic rings. The first-order valence-electron chi connectivity index (χ1n) is 11.8. The number of rotatable bonds is 11. The molecular formula is C26H32N4O4S. The highest BCUT2D eigenvalue weighted by molar-refractivity contribution is 8.15. The van der Waals surface area contributed by atoms with Crippen molar-refractivity contribution in [3.05, 3.63) is 65.2 Å². The zero-order chi connectivity index (χ0) is 25.2. The monoisotopic (exact) mass is 496 g/mol. The number of aliphatic imine (C=N–C) groups is 1. The second-order valence-corrected chi connectivity index (χ2v) is 9.15. The number of thioether (sulfide) groups is 1. The molecule has 0 saturated heterocycles. The maximum atomic E-state index is 12.6. The molecule has 0 aliphatic carbocycles. The third-order valence-electron chi connectivity index (χ3n) is 5.49. The number of hydrogen-bond acceptors (Lipinski definition) is 6. The van der Waals surface area contributed by atoms with Crippen molar-refractivity contribution in [3.63, 3.8) is 0 Å². The quantitative estimate of drug-likeness (QED) is 0.491. The predicted molar refractivity (Wildman–Crippen MR) is 139 cm³/mol. The highest BCUT2D eigenvalue weighted by Crippen LogP contribution is 2.27. The van der Waals surface area contributed by atoms with Gasteiger partial charge in [0.15, 0.2) is 5.17 Å². The van der Waals surface area contributed by atoms with E-state index in [1.54, 1.807) is 24.3 Å². The lowest BCUT2D eigenvalue weighted by Crippen LogP contribution is -2.28. The van der Waals surface area contributed by atoms with Crippen LogP contribution in [0.5, 0.6) is 0 Å². The summed E-state index contributed by atoms with van der Waals surface area (Å²) in [7, 11) is 0. The van der Waals surface area contributed by atoms with Crippen molar-refractivity contribution in [2.24, 2.45) is 4.99 Å². The minimum Gasteiger partial charge on any atom is -0.377 e. The molecule has 8 nitrogen and oxygen atoms in total. The molecule has 0 fully saturated rings. The summed E-state index contributed by atoms with van der Waals surface area (Å²) >= 11 is 1.33. The Bertz CT molecular complexity index is 1070. The molecule has 0 radical (unpaired) electrons. The van der Waals surface area contributed by atoms with E-state index in [9.17, 15) is 14.4 Å². The molecule has 0 saturated carbocycles. The number of carbonyl (C=O) groups is 3. The Labute approximate surface area is 210 Å². The summed E-state index contributed by atoms with van der Waals surface area (Å²) in [5.41, 5.74) is 3.00. The fraction of sp³-hybridized carbons (Fsp3) is 0.385. The number of amidine groups is 1. The van der Waals surface area contributed by atoms with E-state index in [0.29, 0.717) is 36.2 Å². The van der Waals surface area contributed by atoms with Gasteiger partial charge < -0.3 is 20.3 Å². The fourth-order valence-electron chi connectivity index (χ4n) is 3.51. The van der Waals surface area contributed by atoms with Crippen LogP contribution in [0.15, 0.2) is 53.5 Å². The molecule has 0 unspecified atom stereocenters. The Morgan fingerprint density at radius 3 is 2.46 bits per heavy atom. The van der Waals surface area contributed by atoms with Gasteiger partial charge in [0, 0.05) is 43.9 Å². The molecule has 0 aromatic heterocycles. The van der Waals surface area contributed by atoms with Crippen molar-refractivity contribution in [2.75, 3.05) is 25.0 Å². The van der Waals surface area contributed by atoms with Gasteiger partial charge in [0.1, 0.15) is 5.25 Å². The molecule has 2 aromatic carbocycles. The second kappa shape index (κ2) is 13.1. The van der Waals surface area contributed by atoms with Crippen LogP contribution in [-0.2, 0) is 27.5 Å². The minimum absolute atomic E-state index is 0.0213. The van der Waals surface area contributed by atoms with E-state index in [1.165, 1.54) is 11.8 Å². The number of ether oxygens (including phenoxy) is 1. The molecule has 1 atom stereocenters. The summed E-state index contributed by atoms with van der Waals surface area (Å²) in [6.07, 6.45) is 0.0213. The van der Waals surface area contributed by atoms with Gasteiger partial charge in [-0.2, -0.15) is 4.99 Å². The van der Waals surface area contributed by atoms with Crippen molar-refractivity contribution >= 4 is 40.3 Å². The molecule has 2 N–H and O–H groups in total. The van der Waals surface area contributed by atoms with Crippen LogP contribution in [0.25, 0.3) is 0 Å². The van der Waals surface area contributed by atoms with Crippen LogP contribution < -0.4 is 10.6 Å². The minimum atomic E-state index is -0.531. The van der Waals surface area contributed by atoms with Crippen molar-refractivity contribution in [1.82, 2.24) is 10.2 Å². The zero-order valence-electron chi connectivity index (χ0n) is 20.4. The summed E-state index contributed by atoms with van der Waals surface area (Å²) in [5.74, 6) is -0.819. The van der Waals surface area contributed by atoms with Gasteiger partial charge in [-0.1, -0.05) is 42.1 Å². The molecular weight excluding hydrogens is 464 g/mol. The fourth-order valence-corrected chi connectivity index (χ4v) is 4.71. The molecule has 9 heteroatoms. The van der Waals surface area contributed by atoms with E-state index < -0.39 is 5.25 Å². The molecule has 1 aliphatic heterocycles. The van der Waals surface area contributed by atoms with Crippen LogP contribution in [0.1, 0.15) is 48.7 Å². The molecule has 0 bridgehead atoms. The molecule has 35 heavy (non-hydrogen) atoms. The lowest BCUT2D eigenvalue weighted by Gasteiger charge is -2.19. The van der Waals surface area contributed by atoms with Crippen LogP contribution in [-0.4, -0.2) is 52.7 Å². The highest BCUT2D eigenvalue weighted by atomic mass is 32.2. The molecule has 186 valence electrons. The van der Waals surface area contributed by atoms with Gasteiger partial charge in [-0.05, 0) is 50.1 Å². The summed E-state index contributed by atoms with van der Waals surface area (Å²) in [6, 6.07) is 14.6. The van der Waals surface area contributed by atoms with Gasteiger partial charge >= 0.3 is 0 Å². The van der Waals surface area contributed by atoms with Crippen LogP contribution in [0.4, 0.5) is 5.69 Å². The number of hydrogen-bond donors (Lipinski definition) is 2. The SMILES string of the molecule is CCOCc1ccc(CNC(=O)c2cccc(NC(=O)C[C@H]3SC(N(CC)CC)=NC3=O)c2)cc1. The number of carbonyl (C=O) groups excluding carboxylic acids is 3. The number of nitrogens with one attached hydrogen (secondary N) is 2. The molecule has 1 heterocycles. The summed E-state index contributed by atoms with van der Waals surface area (Å²) in [6.45, 7) is 9.09. The summed E-state index contributed by atoms with van der Waals surface area (Å²) < 4.78 is 5.39. The van der Waals surface area contributed by atoms with Gasteiger partial charge in [-0.3, -0.25) is 14.4 Å². The van der Waals surface area contributed by atoms with Crippen molar-refractivity contribution < 1.29 is 19.1 Å². The van der Waals surface area contributed by atoms with Crippen molar-refractivity contribution in [2.45, 2.75) is 45.6 Å². The normalized spacial score (nSPS) is 15.0. The first kappa shape index (κ1) is 26.4. The van der Waals surface area contributed by atoms with E-state index in [-0.39, 0.29) is 24.1 Å². The average molecular weight is 497 g/mol. The Kier molecular flexibility index (Phi) is 9.86. The number of amides is 3. The Morgan fingerprint density at radius 1 is 1.06 bits per heavy atom. The van der Waals surface area contributed by atoms with Gasteiger partial charge in [0.25, 0.3) is 11.8 Å². The van der Waals surface area contributed by atoms with E-state index >= 15 is 0 Å². The number of benzene rings is 2. The largest absolute Gasteiger partial charge is 0.377 e. The highest BCUT2D eigenvalue weighted by Gasteiger charge is 2.32. The van der Waals surface area contributed by atoms with Gasteiger partial charge in [0.2, 0.25) is 5.91 Å². The lowest BCUT2D eigenvalue weighted by molar-refractivity contribution is -0.121. The number of anilines is 1. The lowest BCUT2D eigenvalue weighted by atomic mass is 10.1. The number of nitrogens with zero attached hydrogens (tertiary/aromatic N) is 2. The Morgan fingerprint density at radius 2 is 1.77 bits per heavy atom. The van der Waals surface area contributed by atoms with Crippen LogP contribution in [0.2, 0.25) is 0 Å². The topological polar surface area (TPSA) is 100 Å². The standard InChI is InChI=1S/C26H32N4O4S/c1-4-30(5-2)26-29-25(33)22(35-26)15-23(31)28-21-9-7-8-20(14-21)24(32)27-16-18-10-12-19(13-11-18)17-34-6-3/h7-14,22H,4-6,15-17H2,1-3H3,(H,27,32)(H,28,31)/t22-/m1/s1. The van der Waals surface area contributed by atoms with Crippen LogP contribution in [0, 0.1) is 0 Å². The van der Waals surface area contributed by atoms with E-state index in [1.807, 2.05) is 49.9 Å². The van der Waals surface area contributed by atoms with Gasteiger partial charge in [0.05, 0.1) is 6.61 Å². The molecule has 3 rings (SSSR count). The van der Waals surface area contributed by atoms with Gasteiger partial charge in [-0.15, -0.1) is 0 Å². The molecule has 3 amide bonds. The third-order valence-corrected chi connectivity index (χ3v) is 6.70. The second-order valence-electron chi connectivity index (χ2n) is 7.98. The zero-order valence-corrected chi connectivity index (χ0v) is 21.2. The molecule has 0 spiro atoms. The molecule has 2 aromatic rings. The predicted octanol–water partition coefficient (Wildman–Crippen LogP) is 3.82. The first-order chi connectivity index (χ1) is 16.9.